The van der Waals surface area contributed by atoms with Crippen molar-refractivity contribution in [3.63, 3.8) is 0 Å². The molecule has 2 aromatic carbocycles. The quantitative estimate of drug-likeness (QED) is 0.638. The Labute approximate surface area is 167 Å². The maximum atomic E-state index is 12.5. The van der Waals surface area contributed by atoms with Crippen LogP contribution in [0.5, 0.6) is 11.5 Å². The number of carbonyl (C=O) groups excluding carboxylic acids is 1. The van der Waals surface area contributed by atoms with Crippen molar-refractivity contribution in [2.45, 2.75) is 6.92 Å². The molecule has 8 heteroatoms. The number of rotatable bonds is 6. The summed E-state index contributed by atoms with van der Waals surface area (Å²) in [5, 5.41) is 14.3. The molecule has 1 amide bonds. The highest BCUT2D eigenvalue weighted by Gasteiger charge is 2.15. The largest absolute Gasteiger partial charge is 0.495 e. The Morgan fingerprint density at radius 3 is 2.43 bits per heavy atom. The molecule has 0 aliphatic rings. The number of amides is 1. The zero-order valence-electron chi connectivity index (χ0n) is 15.6. The number of anilines is 3. The number of nitrogens with one attached hydrogen (secondary N) is 2. The highest BCUT2D eigenvalue weighted by atomic mass is 35.5. The lowest BCUT2D eigenvalue weighted by molar-refractivity contribution is 0.102. The van der Waals surface area contributed by atoms with E-state index >= 15 is 0 Å². The minimum Gasteiger partial charge on any atom is -0.495 e. The number of nitrogens with zero attached hydrogens (tertiary/aromatic N) is 2. The Bertz CT molecular complexity index is 993. The first-order valence-corrected chi connectivity index (χ1v) is 8.78. The average Bonchev–Trinajstić information content (AvgIpc) is 2.69. The molecule has 0 aliphatic heterocycles. The van der Waals surface area contributed by atoms with Crippen LogP contribution in [-0.4, -0.2) is 30.3 Å². The fourth-order valence-electron chi connectivity index (χ4n) is 2.54. The number of carbonyl (C=O) groups is 1. The Kier molecular flexibility index (Phi) is 5.96. The molecule has 0 saturated heterocycles. The number of hydrogen-bond acceptors (Lipinski definition) is 6. The lowest BCUT2D eigenvalue weighted by atomic mass is 10.2. The lowest BCUT2D eigenvalue weighted by Gasteiger charge is -2.13. The van der Waals surface area contributed by atoms with Gasteiger partial charge in [0, 0.05) is 17.8 Å². The predicted octanol–water partition coefficient (Wildman–Crippen LogP) is 4.45. The second-order valence-electron chi connectivity index (χ2n) is 5.94. The number of halogens is 1. The molecule has 3 aromatic rings. The van der Waals surface area contributed by atoms with Gasteiger partial charge in [0.2, 0.25) is 0 Å². The molecule has 144 valence electrons. The van der Waals surface area contributed by atoms with Crippen molar-refractivity contribution < 1.29 is 14.3 Å². The lowest BCUT2D eigenvalue weighted by Crippen LogP contribution is -2.15. The van der Waals surface area contributed by atoms with Crippen molar-refractivity contribution in [1.29, 1.82) is 0 Å². The fourth-order valence-corrected chi connectivity index (χ4v) is 2.77. The van der Waals surface area contributed by atoms with Gasteiger partial charge in [-0.2, -0.15) is 0 Å². The zero-order chi connectivity index (χ0) is 20.1. The molecule has 28 heavy (non-hydrogen) atoms. The molecule has 1 aromatic heterocycles. The molecule has 0 atom stereocenters. The zero-order valence-corrected chi connectivity index (χ0v) is 16.4. The van der Waals surface area contributed by atoms with Crippen LogP contribution in [0, 0.1) is 6.92 Å². The summed E-state index contributed by atoms with van der Waals surface area (Å²) in [7, 11) is 2.98. The smallest absolute Gasteiger partial charge is 0.276 e. The van der Waals surface area contributed by atoms with Gasteiger partial charge in [-0.05, 0) is 36.8 Å². The van der Waals surface area contributed by atoms with Crippen LogP contribution < -0.4 is 20.1 Å². The van der Waals surface area contributed by atoms with Crippen molar-refractivity contribution >= 4 is 34.7 Å². The van der Waals surface area contributed by atoms with Crippen molar-refractivity contribution in [3.8, 4) is 11.5 Å². The fraction of sp³-hybridized carbons (Fsp3) is 0.150. The first-order chi connectivity index (χ1) is 13.5. The molecule has 7 nitrogen and oxygen atoms in total. The normalized spacial score (nSPS) is 10.3. The molecular formula is C20H19ClN4O3. The Morgan fingerprint density at radius 1 is 1.00 bits per heavy atom. The maximum absolute atomic E-state index is 12.5. The Hall–Kier alpha value is -3.32. The van der Waals surface area contributed by atoms with Crippen LogP contribution >= 0.6 is 11.6 Å². The molecule has 0 radical (unpaired) electrons. The number of methoxy groups -OCH3 is 2. The van der Waals surface area contributed by atoms with E-state index in [1.165, 1.54) is 14.2 Å². The van der Waals surface area contributed by atoms with E-state index in [-0.39, 0.29) is 5.69 Å². The van der Waals surface area contributed by atoms with Gasteiger partial charge in [0.25, 0.3) is 5.91 Å². The Balaban J connectivity index is 1.75. The summed E-state index contributed by atoms with van der Waals surface area (Å²) in [6, 6.07) is 14.3. The summed E-state index contributed by atoms with van der Waals surface area (Å²) < 4.78 is 10.4. The van der Waals surface area contributed by atoms with Crippen molar-refractivity contribution in [3.05, 3.63) is 64.8 Å². The van der Waals surface area contributed by atoms with Crippen LogP contribution in [0.3, 0.4) is 0 Å². The number of aromatic nitrogens is 2. The van der Waals surface area contributed by atoms with E-state index in [1.54, 1.807) is 24.3 Å². The van der Waals surface area contributed by atoms with Gasteiger partial charge >= 0.3 is 0 Å². The van der Waals surface area contributed by atoms with E-state index in [0.717, 1.165) is 11.3 Å². The number of ether oxygens (including phenoxy) is 2. The SMILES string of the molecule is COc1cc(NC(=O)c2ccc(Nc3cccc(C)c3)nn2)c(OC)cc1Cl. The van der Waals surface area contributed by atoms with Crippen molar-refractivity contribution in [2.24, 2.45) is 0 Å². The first kappa shape index (κ1) is 19.4. The highest BCUT2D eigenvalue weighted by molar-refractivity contribution is 6.32. The van der Waals surface area contributed by atoms with Crippen LogP contribution in [0.1, 0.15) is 16.1 Å². The number of aryl methyl sites for hydroxylation is 1. The van der Waals surface area contributed by atoms with E-state index in [1.807, 2.05) is 31.2 Å². The van der Waals surface area contributed by atoms with Crippen LogP contribution in [-0.2, 0) is 0 Å². The number of hydrogen-bond donors (Lipinski definition) is 2. The van der Waals surface area contributed by atoms with Gasteiger partial charge < -0.3 is 20.1 Å². The molecule has 3 rings (SSSR count). The second-order valence-corrected chi connectivity index (χ2v) is 6.35. The van der Waals surface area contributed by atoms with Gasteiger partial charge in [-0.3, -0.25) is 4.79 Å². The maximum Gasteiger partial charge on any atom is 0.276 e. The van der Waals surface area contributed by atoms with Gasteiger partial charge in [-0.25, -0.2) is 0 Å². The average molecular weight is 399 g/mol. The third kappa shape index (κ3) is 4.50. The summed E-state index contributed by atoms with van der Waals surface area (Å²) in [6.07, 6.45) is 0. The molecule has 0 spiro atoms. The second kappa shape index (κ2) is 8.58. The molecule has 1 heterocycles. The summed E-state index contributed by atoms with van der Waals surface area (Å²) in [4.78, 5) is 12.5. The van der Waals surface area contributed by atoms with Gasteiger partial charge in [0.1, 0.15) is 11.5 Å². The monoisotopic (exact) mass is 398 g/mol. The van der Waals surface area contributed by atoms with Crippen molar-refractivity contribution in [2.75, 3.05) is 24.9 Å². The van der Waals surface area contributed by atoms with Crippen LogP contribution in [0.4, 0.5) is 17.2 Å². The minimum atomic E-state index is -0.433. The molecule has 2 N–H and O–H groups in total. The van der Waals surface area contributed by atoms with Crippen molar-refractivity contribution in [1.82, 2.24) is 10.2 Å². The standard InChI is InChI=1S/C20H19ClN4O3/c1-12-5-4-6-13(9-12)22-19-8-7-15(24-25-19)20(26)23-16-11-17(27-2)14(21)10-18(16)28-3/h4-11H,1-3H3,(H,22,25)(H,23,26). The minimum absolute atomic E-state index is 0.158. The van der Waals surface area contributed by atoms with E-state index in [2.05, 4.69) is 20.8 Å². The third-order valence-electron chi connectivity index (χ3n) is 3.91. The topological polar surface area (TPSA) is 85.4 Å². The molecule has 0 bridgehead atoms. The third-order valence-corrected chi connectivity index (χ3v) is 4.21. The first-order valence-electron chi connectivity index (χ1n) is 8.40. The molecule has 0 aliphatic carbocycles. The van der Waals surface area contributed by atoms with E-state index in [0.29, 0.717) is 28.0 Å². The molecular weight excluding hydrogens is 380 g/mol. The van der Waals surface area contributed by atoms with Gasteiger partial charge in [-0.1, -0.05) is 23.7 Å². The molecule has 0 saturated carbocycles. The van der Waals surface area contributed by atoms with Gasteiger partial charge in [0.15, 0.2) is 11.5 Å². The van der Waals surface area contributed by atoms with Crippen LogP contribution in [0.2, 0.25) is 5.02 Å². The summed E-state index contributed by atoms with van der Waals surface area (Å²) in [5.41, 5.74) is 2.59. The molecule has 0 unspecified atom stereocenters. The van der Waals surface area contributed by atoms with E-state index in [4.69, 9.17) is 21.1 Å². The summed E-state index contributed by atoms with van der Waals surface area (Å²) in [5.74, 6) is 0.927. The molecule has 0 fully saturated rings. The number of benzene rings is 2. The van der Waals surface area contributed by atoms with E-state index < -0.39 is 5.91 Å². The van der Waals surface area contributed by atoms with Crippen LogP contribution in [0.15, 0.2) is 48.5 Å². The van der Waals surface area contributed by atoms with Gasteiger partial charge in [0.05, 0.1) is 24.9 Å². The van der Waals surface area contributed by atoms with Crippen LogP contribution in [0.25, 0.3) is 0 Å². The highest BCUT2D eigenvalue weighted by Crippen LogP contribution is 2.36. The summed E-state index contributed by atoms with van der Waals surface area (Å²) in [6.45, 7) is 2.00. The van der Waals surface area contributed by atoms with Gasteiger partial charge in [-0.15, -0.1) is 10.2 Å². The Morgan fingerprint density at radius 2 is 1.79 bits per heavy atom. The summed E-state index contributed by atoms with van der Waals surface area (Å²) >= 11 is 6.08. The predicted molar refractivity (Wildman–Crippen MR) is 109 cm³/mol. The van der Waals surface area contributed by atoms with E-state index in [9.17, 15) is 4.79 Å².